The van der Waals surface area contributed by atoms with Gasteiger partial charge in [-0.2, -0.15) is 5.26 Å². The van der Waals surface area contributed by atoms with Gasteiger partial charge in [-0.1, -0.05) is 18.5 Å². The summed E-state index contributed by atoms with van der Waals surface area (Å²) in [5.74, 6) is 0. The molecule has 0 bridgehead atoms. The van der Waals surface area contributed by atoms with Crippen LogP contribution in [0, 0.1) is 11.3 Å². The summed E-state index contributed by atoms with van der Waals surface area (Å²) in [5.41, 5.74) is 2.73. The van der Waals surface area contributed by atoms with Crippen molar-refractivity contribution in [3.8, 4) is 6.07 Å². The van der Waals surface area contributed by atoms with Crippen LogP contribution in [0.3, 0.4) is 0 Å². The normalized spacial score (nSPS) is 11.8. The van der Waals surface area contributed by atoms with Gasteiger partial charge in [0.25, 0.3) is 0 Å². The molecule has 0 fully saturated rings. The molecular formula is C9H15ClN2. The molecule has 0 aromatic carbocycles. The predicted octanol–water partition coefficient (Wildman–Crippen LogP) is 2.36. The van der Waals surface area contributed by atoms with Gasteiger partial charge in [0.05, 0.1) is 6.07 Å². The SMILES string of the molecule is CCN(CCC#N)CC(C)=CCl. The molecule has 3 heteroatoms. The minimum Gasteiger partial charge on any atom is -0.299 e. The second-order valence-corrected chi connectivity index (χ2v) is 2.95. The fourth-order valence-corrected chi connectivity index (χ4v) is 1.01. The smallest absolute Gasteiger partial charge is 0.0635 e. The van der Waals surface area contributed by atoms with Crippen LogP contribution in [0.15, 0.2) is 11.1 Å². The molecule has 12 heavy (non-hydrogen) atoms. The molecule has 0 saturated heterocycles. The van der Waals surface area contributed by atoms with E-state index in [-0.39, 0.29) is 0 Å². The lowest BCUT2D eigenvalue weighted by Gasteiger charge is -2.18. The lowest BCUT2D eigenvalue weighted by Crippen LogP contribution is -2.26. The maximum atomic E-state index is 8.38. The molecule has 68 valence electrons. The van der Waals surface area contributed by atoms with Gasteiger partial charge >= 0.3 is 0 Å². The highest BCUT2D eigenvalue weighted by Gasteiger charge is 2.01. The van der Waals surface area contributed by atoms with Crippen LogP contribution in [0.5, 0.6) is 0 Å². The Morgan fingerprint density at radius 1 is 1.67 bits per heavy atom. The Morgan fingerprint density at radius 2 is 2.33 bits per heavy atom. The second kappa shape index (κ2) is 7.15. The zero-order chi connectivity index (χ0) is 9.40. The summed E-state index contributed by atoms with van der Waals surface area (Å²) < 4.78 is 0. The highest BCUT2D eigenvalue weighted by atomic mass is 35.5. The molecule has 0 radical (unpaired) electrons. The Bertz CT molecular complexity index is 181. The van der Waals surface area contributed by atoms with E-state index < -0.39 is 0 Å². The van der Waals surface area contributed by atoms with Gasteiger partial charge in [0.2, 0.25) is 0 Å². The van der Waals surface area contributed by atoms with Crippen molar-refractivity contribution in [1.82, 2.24) is 4.90 Å². The summed E-state index contributed by atoms with van der Waals surface area (Å²) in [6.45, 7) is 6.72. The van der Waals surface area contributed by atoms with Crippen molar-refractivity contribution >= 4 is 11.6 Å². The van der Waals surface area contributed by atoms with Gasteiger partial charge in [-0.25, -0.2) is 0 Å². The molecule has 0 aromatic heterocycles. The van der Waals surface area contributed by atoms with Crippen molar-refractivity contribution in [3.63, 3.8) is 0 Å². The van der Waals surface area contributed by atoms with Crippen LogP contribution >= 0.6 is 11.6 Å². The number of nitriles is 1. The Kier molecular flexibility index (Phi) is 6.84. The Morgan fingerprint density at radius 3 is 2.75 bits per heavy atom. The summed E-state index contributed by atoms with van der Waals surface area (Å²) in [4.78, 5) is 2.19. The zero-order valence-corrected chi connectivity index (χ0v) is 8.43. The fourth-order valence-electron chi connectivity index (χ4n) is 0.944. The van der Waals surface area contributed by atoms with Crippen molar-refractivity contribution in [2.75, 3.05) is 19.6 Å². The molecule has 0 aromatic rings. The molecule has 0 rings (SSSR count). The molecular weight excluding hydrogens is 172 g/mol. The molecule has 0 heterocycles. The first-order valence-electron chi connectivity index (χ1n) is 4.09. The largest absolute Gasteiger partial charge is 0.299 e. The Labute approximate surface area is 79.4 Å². The molecule has 0 spiro atoms. The van der Waals surface area contributed by atoms with Gasteiger partial charge in [-0.05, 0) is 19.0 Å². The summed E-state index contributed by atoms with van der Waals surface area (Å²) in [5, 5.41) is 8.38. The third-order valence-corrected chi connectivity index (χ3v) is 2.02. The minimum absolute atomic E-state index is 0.587. The Hall–Kier alpha value is -0.520. The van der Waals surface area contributed by atoms with Gasteiger partial charge in [-0.3, -0.25) is 4.90 Å². The van der Waals surface area contributed by atoms with Crippen LogP contribution in [0.25, 0.3) is 0 Å². The van der Waals surface area contributed by atoms with E-state index in [2.05, 4.69) is 17.9 Å². The number of hydrogen-bond donors (Lipinski definition) is 0. The van der Waals surface area contributed by atoms with Crippen LogP contribution < -0.4 is 0 Å². The molecule has 2 nitrogen and oxygen atoms in total. The molecule has 0 aliphatic carbocycles. The lowest BCUT2D eigenvalue weighted by atomic mass is 10.3. The lowest BCUT2D eigenvalue weighted by molar-refractivity contribution is 0.320. The second-order valence-electron chi connectivity index (χ2n) is 2.73. The van der Waals surface area contributed by atoms with Crippen molar-refractivity contribution < 1.29 is 0 Å². The summed E-state index contributed by atoms with van der Waals surface area (Å²) in [7, 11) is 0. The fraction of sp³-hybridized carbons (Fsp3) is 0.667. The zero-order valence-electron chi connectivity index (χ0n) is 7.68. The quantitative estimate of drug-likeness (QED) is 0.659. The van der Waals surface area contributed by atoms with Gasteiger partial charge in [0.1, 0.15) is 0 Å². The maximum absolute atomic E-state index is 8.38. The van der Waals surface area contributed by atoms with E-state index in [1.807, 2.05) is 6.92 Å². The third kappa shape index (κ3) is 5.17. The van der Waals surface area contributed by atoms with Gasteiger partial charge in [0, 0.05) is 25.0 Å². The van der Waals surface area contributed by atoms with E-state index in [9.17, 15) is 0 Å². The first kappa shape index (κ1) is 11.5. The summed E-state index contributed by atoms with van der Waals surface area (Å²) >= 11 is 5.53. The van der Waals surface area contributed by atoms with Crippen LogP contribution in [0.2, 0.25) is 0 Å². The molecule has 0 aliphatic heterocycles. The van der Waals surface area contributed by atoms with Gasteiger partial charge < -0.3 is 0 Å². The van der Waals surface area contributed by atoms with Gasteiger partial charge in [0.15, 0.2) is 0 Å². The number of likely N-dealkylation sites (N-methyl/N-ethyl adjacent to an activating group) is 1. The van der Waals surface area contributed by atoms with Crippen LogP contribution in [-0.4, -0.2) is 24.5 Å². The van der Waals surface area contributed by atoms with E-state index >= 15 is 0 Å². The summed E-state index contributed by atoms with van der Waals surface area (Å²) in [6, 6.07) is 2.13. The third-order valence-electron chi connectivity index (χ3n) is 1.65. The molecule has 0 unspecified atom stereocenters. The van der Waals surface area contributed by atoms with E-state index in [0.717, 1.165) is 25.2 Å². The minimum atomic E-state index is 0.587. The van der Waals surface area contributed by atoms with Crippen LogP contribution in [0.4, 0.5) is 0 Å². The van der Waals surface area contributed by atoms with Crippen LogP contribution in [0.1, 0.15) is 20.3 Å². The predicted molar refractivity (Wildman–Crippen MR) is 52.0 cm³/mol. The van der Waals surface area contributed by atoms with Crippen molar-refractivity contribution in [1.29, 1.82) is 5.26 Å². The molecule has 0 aliphatic rings. The molecule has 0 saturated carbocycles. The first-order valence-corrected chi connectivity index (χ1v) is 4.53. The maximum Gasteiger partial charge on any atom is 0.0635 e. The summed E-state index contributed by atoms with van der Waals surface area (Å²) in [6.07, 6.45) is 0.587. The number of nitrogens with zero attached hydrogens (tertiary/aromatic N) is 2. The van der Waals surface area contributed by atoms with Crippen molar-refractivity contribution in [2.45, 2.75) is 20.3 Å². The number of rotatable bonds is 5. The first-order chi connectivity index (χ1) is 5.74. The molecule has 0 N–H and O–H groups in total. The molecule has 0 atom stereocenters. The van der Waals surface area contributed by atoms with Crippen molar-refractivity contribution in [2.24, 2.45) is 0 Å². The van der Waals surface area contributed by atoms with E-state index in [4.69, 9.17) is 16.9 Å². The van der Waals surface area contributed by atoms with E-state index in [0.29, 0.717) is 6.42 Å². The monoisotopic (exact) mass is 186 g/mol. The highest BCUT2D eigenvalue weighted by Crippen LogP contribution is 2.00. The molecule has 0 amide bonds. The Balaban J connectivity index is 3.76. The van der Waals surface area contributed by atoms with Crippen molar-refractivity contribution in [3.05, 3.63) is 11.1 Å². The highest BCUT2D eigenvalue weighted by molar-refractivity contribution is 6.25. The average Bonchev–Trinajstić information content (AvgIpc) is 2.11. The standard InChI is InChI=1S/C9H15ClN2/c1-3-12(6-4-5-11)8-9(2)7-10/h7H,3-4,6,8H2,1-2H3. The van der Waals surface area contributed by atoms with E-state index in [1.165, 1.54) is 0 Å². The van der Waals surface area contributed by atoms with Crippen LogP contribution in [-0.2, 0) is 0 Å². The van der Waals surface area contributed by atoms with E-state index in [1.54, 1.807) is 5.54 Å². The number of halogens is 1. The average molecular weight is 187 g/mol. The topological polar surface area (TPSA) is 27.0 Å². The number of hydrogen-bond acceptors (Lipinski definition) is 2. The van der Waals surface area contributed by atoms with Gasteiger partial charge in [-0.15, -0.1) is 0 Å².